The van der Waals surface area contributed by atoms with Crippen LogP contribution in [0.2, 0.25) is 5.02 Å². The predicted molar refractivity (Wildman–Crippen MR) is 63.1 cm³/mol. The minimum atomic E-state index is -2.59. The highest BCUT2D eigenvalue weighted by Gasteiger charge is 2.46. The third-order valence-electron chi connectivity index (χ3n) is 3.37. The molecule has 4 heteroatoms. The van der Waals surface area contributed by atoms with E-state index in [0.717, 1.165) is 5.56 Å². The molecule has 0 spiro atoms. The Labute approximate surface area is 99.6 Å². The summed E-state index contributed by atoms with van der Waals surface area (Å²) in [6, 6.07) is 6.83. The number of hydrogen-bond donors (Lipinski definition) is 1. The molecule has 0 heterocycles. The maximum Gasteiger partial charge on any atom is 0.256 e. The van der Waals surface area contributed by atoms with Gasteiger partial charge in [-0.1, -0.05) is 37.6 Å². The molecular formula is C12H16ClF2N. The predicted octanol–water partition coefficient (Wildman–Crippen LogP) is 3.60. The van der Waals surface area contributed by atoms with Gasteiger partial charge in [0.1, 0.15) is 0 Å². The molecule has 0 aliphatic carbocycles. The van der Waals surface area contributed by atoms with Gasteiger partial charge in [-0.2, -0.15) is 0 Å². The summed E-state index contributed by atoms with van der Waals surface area (Å²) in [5.41, 5.74) is 4.07. The van der Waals surface area contributed by atoms with Crippen LogP contribution in [0.5, 0.6) is 0 Å². The number of benzene rings is 1. The van der Waals surface area contributed by atoms with Crippen LogP contribution in [0.25, 0.3) is 0 Å². The maximum atomic E-state index is 12.9. The van der Waals surface area contributed by atoms with Gasteiger partial charge in [0.05, 0.1) is 5.54 Å². The number of alkyl halides is 2. The van der Waals surface area contributed by atoms with Crippen LogP contribution in [0.3, 0.4) is 0 Å². The summed E-state index contributed by atoms with van der Waals surface area (Å²) in [6.07, 6.45) is -2.59. The van der Waals surface area contributed by atoms with Gasteiger partial charge < -0.3 is 5.73 Å². The van der Waals surface area contributed by atoms with E-state index >= 15 is 0 Å². The molecule has 90 valence electrons. The number of nitrogens with two attached hydrogens (primary N) is 1. The third-order valence-corrected chi connectivity index (χ3v) is 3.62. The summed E-state index contributed by atoms with van der Waals surface area (Å²) >= 11 is 5.76. The van der Waals surface area contributed by atoms with Crippen molar-refractivity contribution in [2.24, 2.45) is 5.73 Å². The average Bonchev–Trinajstić information content (AvgIpc) is 2.17. The van der Waals surface area contributed by atoms with E-state index in [1.54, 1.807) is 38.1 Å². The quantitative estimate of drug-likeness (QED) is 0.868. The minimum absolute atomic E-state index is 0.579. The zero-order valence-electron chi connectivity index (χ0n) is 9.60. The van der Waals surface area contributed by atoms with Crippen LogP contribution in [-0.4, -0.2) is 12.0 Å². The van der Waals surface area contributed by atoms with E-state index in [2.05, 4.69) is 0 Å². The van der Waals surface area contributed by atoms with Gasteiger partial charge in [-0.15, -0.1) is 0 Å². The normalized spacial score (nSPS) is 16.2. The molecule has 1 nitrogen and oxygen atoms in total. The number of rotatable bonds is 3. The smallest absolute Gasteiger partial charge is 0.256 e. The van der Waals surface area contributed by atoms with Gasteiger partial charge in [0.25, 0.3) is 6.43 Å². The van der Waals surface area contributed by atoms with Crippen molar-refractivity contribution in [3.05, 3.63) is 34.9 Å². The number of hydrogen-bond acceptors (Lipinski definition) is 1. The second-order valence-electron chi connectivity index (χ2n) is 4.72. The Morgan fingerprint density at radius 1 is 1.12 bits per heavy atom. The van der Waals surface area contributed by atoms with E-state index in [1.807, 2.05) is 0 Å². The SMILES string of the molecule is CC(C)(c1ccc(Cl)cc1)C(C)(N)C(F)F. The molecule has 0 aliphatic rings. The van der Waals surface area contributed by atoms with E-state index in [4.69, 9.17) is 17.3 Å². The molecule has 0 aliphatic heterocycles. The van der Waals surface area contributed by atoms with Crippen LogP contribution < -0.4 is 5.73 Å². The fourth-order valence-corrected chi connectivity index (χ4v) is 1.58. The van der Waals surface area contributed by atoms with E-state index in [9.17, 15) is 8.78 Å². The monoisotopic (exact) mass is 247 g/mol. The van der Waals surface area contributed by atoms with Crippen molar-refractivity contribution in [2.45, 2.75) is 38.2 Å². The Hall–Kier alpha value is -0.670. The Kier molecular flexibility index (Phi) is 3.60. The lowest BCUT2D eigenvalue weighted by molar-refractivity contribution is 0.0237. The van der Waals surface area contributed by atoms with Crippen LogP contribution in [0.15, 0.2) is 24.3 Å². The van der Waals surface area contributed by atoms with Crippen molar-refractivity contribution in [2.75, 3.05) is 0 Å². The van der Waals surface area contributed by atoms with E-state index in [1.165, 1.54) is 6.92 Å². The molecule has 1 atom stereocenters. The maximum absolute atomic E-state index is 12.9. The van der Waals surface area contributed by atoms with Gasteiger partial charge in [-0.25, -0.2) is 8.78 Å². The molecule has 1 aromatic carbocycles. The van der Waals surface area contributed by atoms with Crippen molar-refractivity contribution in [1.29, 1.82) is 0 Å². The summed E-state index contributed by atoms with van der Waals surface area (Å²) in [5.74, 6) is 0. The highest BCUT2D eigenvalue weighted by atomic mass is 35.5. The minimum Gasteiger partial charge on any atom is -0.320 e. The zero-order chi connectivity index (χ0) is 12.6. The summed E-state index contributed by atoms with van der Waals surface area (Å²) in [7, 11) is 0. The summed E-state index contributed by atoms with van der Waals surface area (Å²) in [4.78, 5) is 0. The van der Waals surface area contributed by atoms with Gasteiger partial charge in [0.2, 0.25) is 0 Å². The standard InChI is InChI=1S/C12H16ClF2N/c1-11(2,12(3,16)10(14)15)8-4-6-9(13)7-5-8/h4-7,10H,16H2,1-3H3. The largest absolute Gasteiger partial charge is 0.320 e. The topological polar surface area (TPSA) is 26.0 Å². The Balaban J connectivity index is 3.15. The lowest BCUT2D eigenvalue weighted by Gasteiger charge is -2.41. The molecule has 0 bridgehead atoms. The number of halogens is 3. The van der Waals surface area contributed by atoms with Crippen LogP contribution in [0.1, 0.15) is 26.3 Å². The highest BCUT2D eigenvalue weighted by Crippen LogP contribution is 2.37. The van der Waals surface area contributed by atoms with Crippen molar-refractivity contribution in [1.82, 2.24) is 0 Å². The Morgan fingerprint density at radius 3 is 1.94 bits per heavy atom. The zero-order valence-corrected chi connectivity index (χ0v) is 10.4. The van der Waals surface area contributed by atoms with Crippen molar-refractivity contribution in [3.63, 3.8) is 0 Å². The fraction of sp³-hybridized carbons (Fsp3) is 0.500. The molecule has 0 radical (unpaired) electrons. The summed E-state index contributed by atoms with van der Waals surface area (Å²) in [6.45, 7) is 4.79. The van der Waals surface area contributed by atoms with Crippen LogP contribution >= 0.6 is 11.6 Å². The molecular weight excluding hydrogens is 232 g/mol. The molecule has 1 aromatic rings. The van der Waals surface area contributed by atoms with Crippen molar-refractivity contribution < 1.29 is 8.78 Å². The highest BCUT2D eigenvalue weighted by molar-refractivity contribution is 6.30. The van der Waals surface area contributed by atoms with Gasteiger partial charge in [-0.05, 0) is 24.6 Å². The molecule has 0 amide bonds. The van der Waals surface area contributed by atoms with Gasteiger partial charge >= 0.3 is 0 Å². The van der Waals surface area contributed by atoms with Crippen LogP contribution in [0, 0.1) is 0 Å². The molecule has 0 fully saturated rings. The lowest BCUT2D eigenvalue weighted by atomic mass is 9.69. The first-order chi connectivity index (χ1) is 7.19. The van der Waals surface area contributed by atoms with Crippen molar-refractivity contribution in [3.8, 4) is 0 Å². The Morgan fingerprint density at radius 2 is 1.56 bits per heavy atom. The molecule has 1 rings (SSSR count). The summed E-state index contributed by atoms with van der Waals surface area (Å²) in [5, 5.41) is 0.579. The van der Waals surface area contributed by atoms with E-state index < -0.39 is 17.4 Å². The second kappa shape index (κ2) is 4.30. The molecule has 0 saturated carbocycles. The van der Waals surface area contributed by atoms with E-state index in [-0.39, 0.29) is 0 Å². The second-order valence-corrected chi connectivity index (χ2v) is 5.15. The van der Waals surface area contributed by atoms with Crippen molar-refractivity contribution >= 4 is 11.6 Å². The first-order valence-corrected chi connectivity index (χ1v) is 5.40. The molecule has 2 N–H and O–H groups in total. The fourth-order valence-electron chi connectivity index (χ4n) is 1.45. The first kappa shape index (κ1) is 13.4. The van der Waals surface area contributed by atoms with E-state index in [0.29, 0.717) is 5.02 Å². The molecule has 0 saturated heterocycles. The first-order valence-electron chi connectivity index (χ1n) is 5.02. The molecule has 0 aromatic heterocycles. The van der Waals surface area contributed by atoms with Gasteiger partial charge in [0, 0.05) is 10.4 Å². The van der Waals surface area contributed by atoms with Gasteiger partial charge in [-0.3, -0.25) is 0 Å². The summed E-state index contributed by atoms with van der Waals surface area (Å²) < 4.78 is 25.8. The lowest BCUT2D eigenvalue weighted by Crippen LogP contribution is -2.58. The van der Waals surface area contributed by atoms with Crippen LogP contribution in [-0.2, 0) is 5.41 Å². The van der Waals surface area contributed by atoms with Crippen LogP contribution in [0.4, 0.5) is 8.78 Å². The molecule has 1 unspecified atom stereocenters. The third kappa shape index (κ3) is 2.20. The average molecular weight is 248 g/mol. The molecule has 16 heavy (non-hydrogen) atoms. The van der Waals surface area contributed by atoms with Gasteiger partial charge in [0.15, 0.2) is 0 Å². The Bertz CT molecular complexity index is 358.